The number of hydrogen-bond acceptors (Lipinski definition) is 5. The van der Waals surface area contributed by atoms with Crippen molar-refractivity contribution in [3.63, 3.8) is 0 Å². The second-order valence-electron chi connectivity index (χ2n) is 9.54. The van der Waals surface area contributed by atoms with E-state index < -0.39 is 0 Å². The van der Waals surface area contributed by atoms with E-state index in [2.05, 4.69) is 49.8 Å². The molecule has 0 bridgehead atoms. The van der Waals surface area contributed by atoms with Gasteiger partial charge in [-0.2, -0.15) is 0 Å². The van der Waals surface area contributed by atoms with E-state index in [0.29, 0.717) is 0 Å². The van der Waals surface area contributed by atoms with Crippen LogP contribution in [-0.4, -0.2) is 48.6 Å². The fraction of sp³-hybridized carbons (Fsp3) is 0.810. The summed E-state index contributed by atoms with van der Waals surface area (Å²) in [4.78, 5) is 21.5. The van der Waals surface area contributed by atoms with Crippen LogP contribution in [0.5, 0.6) is 0 Å². The first-order valence-corrected chi connectivity index (χ1v) is 11.0. The molecule has 2 aliphatic heterocycles. The van der Waals surface area contributed by atoms with Crippen molar-refractivity contribution >= 4 is 17.2 Å². The number of aromatic nitrogens is 1. The van der Waals surface area contributed by atoms with E-state index >= 15 is 0 Å². The van der Waals surface area contributed by atoms with Gasteiger partial charge in [0.2, 0.25) is 5.91 Å². The van der Waals surface area contributed by atoms with Gasteiger partial charge in [-0.15, -0.1) is 11.3 Å². The highest BCUT2D eigenvalue weighted by atomic mass is 32.1. The molecule has 0 aromatic carbocycles. The number of ether oxygens (including phenoxy) is 1. The van der Waals surface area contributed by atoms with Gasteiger partial charge in [-0.3, -0.25) is 9.69 Å². The molecule has 27 heavy (non-hydrogen) atoms. The Morgan fingerprint density at radius 1 is 1.33 bits per heavy atom. The summed E-state index contributed by atoms with van der Waals surface area (Å²) in [5.74, 6) is 0.302. The Kier molecular flexibility index (Phi) is 6.28. The number of rotatable bonds is 5. The molecule has 2 fully saturated rings. The van der Waals surface area contributed by atoms with Crippen LogP contribution in [0.1, 0.15) is 55.6 Å². The molecule has 1 spiro atoms. The second-order valence-corrected chi connectivity index (χ2v) is 10.8. The van der Waals surface area contributed by atoms with Crippen molar-refractivity contribution in [2.24, 2.45) is 16.7 Å². The van der Waals surface area contributed by atoms with E-state index in [1.807, 2.05) is 0 Å². The average molecular weight is 394 g/mol. The third-order valence-corrected chi connectivity index (χ3v) is 7.12. The Morgan fingerprint density at radius 2 is 2.04 bits per heavy atom. The molecular weight excluding hydrogens is 358 g/mol. The zero-order valence-corrected chi connectivity index (χ0v) is 18.4. The lowest BCUT2D eigenvalue weighted by atomic mass is 9.71. The highest BCUT2D eigenvalue weighted by Crippen LogP contribution is 2.45. The van der Waals surface area contributed by atoms with Crippen LogP contribution >= 0.6 is 11.3 Å². The minimum atomic E-state index is 0.0655. The molecule has 1 N–H and O–H groups in total. The number of amides is 1. The van der Waals surface area contributed by atoms with Gasteiger partial charge in [0.25, 0.3) is 0 Å². The maximum Gasteiger partial charge on any atom is 0.225 e. The van der Waals surface area contributed by atoms with Crippen LogP contribution in [0.3, 0.4) is 0 Å². The Bertz CT molecular complexity index is 659. The summed E-state index contributed by atoms with van der Waals surface area (Å²) in [5, 5.41) is 4.36. The van der Waals surface area contributed by atoms with Gasteiger partial charge in [-0.25, -0.2) is 4.98 Å². The van der Waals surface area contributed by atoms with Gasteiger partial charge in [0, 0.05) is 49.7 Å². The number of hydrogen-bond donors (Lipinski definition) is 1. The zero-order valence-electron chi connectivity index (χ0n) is 17.6. The first kappa shape index (κ1) is 20.7. The first-order chi connectivity index (χ1) is 12.7. The summed E-state index contributed by atoms with van der Waals surface area (Å²) >= 11 is 1.78. The van der Waals surface area contributed by atoms with E-state index in [1.165, 1.54) is 4.88 Å². The van der Waals surface area contributed by atoms with Crippen LogP contribution < -0.4 is 5.32 Å². The molecule has 1 aromatic heterocycles. The lowest BCUT2D eigenvalue weighted by Crippen LogP contribution is -2.44. The van der Waals surface area contributed by atoms with E-state index in [9.17, 15) is 4.79 Å². The Labute approximate surface area is 167 Å². The van der Waals surface area contributed by atoms with Gasteiger partial charge < -0.3 is 10.1 Å². The smallest absolute Gasteiger partial charge is 0.225 e. The van der Waals surface area contributed by atoms with Crippen molar-refractivity contribution in [2.45, 2.75) is 60.4 Å². The number of likely N-dealkylation sites (tertiary alicyclic amines) is 1. The second kappa shape index (κ2) is 8.18. The van der Waals surface area contributed by atoms with Gasteiger partial charge in [0.05, 0.1) is 16.6 Å². The quantitative estimate of drug-likeness (QED) is 0.831. The standard InChI is InChI=1S/C21H35N3O2S/c1-15-18(27-16(2)23-15)13-24-12-17(19(25)22-9-6-20(3,4)5)21(14-24)7-10-26-11-8-21/h17H,6-14H2,1-5H3,(H,22,25)/t17-/m0/s1. The molecule has 2 aliphatic rings. The highest BCUT2D eigenvalue weighted by Gasteiger charge is 2.50. The third-order valence-electron chi connectivity index (χ3n) is 6.06. The van der Waals surface area contributed by atoms with Crippen LogP contribution in [0.2, 0.25) is 0 Å². The van der Waals surface area contributed by atoms with Crippen LogP contribution in [0.15, 0.2) is 0 Å². The molecular formula is C21H35N3O2S. The van der Waals surface area contributed by atoms with Crippen LogP contribution in [0, 0.1) is 30.6 Å². The molecule has 1 amide bonds. The normalized spacial score (nSPS) is 23.1. The number of aryl methyl sites for hydroxylation is 2. The monoisotopic (exact) mass is 393 g/mol. The summed E-state index contributed by atoms with van der Waals surface area (Å²) in [6.45, 7) is 15.9. The van der Waals surface area contributed by atoms with E-state index in [1.54, 1.807) is 11.3 Å². The maximum atomic E-state index is 13.1. The molecule has 6 heteroatoms. The van der Waals surface area contributed by atoms with Crippen molar-refractivity contribution in [3.8, 4) is 0 Å². The number of carbonyl (C=O) groups is 1. The lowest BCUT2D eigenvalue weighted by Gasteiger charge is -2.37. The molecule has 3 heterocycles. The molecule has 3 rings (SSSR count). The summed E-state index contributed by atoms with van der Waals surface area (Å²) < 4.78 is 5.63. The van der Waals surface area contributed by atoms with Crippen LogP contribution in [-0.2, 0) is 16.1 Å². The van der Waals surface area contributed by atoms with Gasteiger partial charge in [0.1, 0.15) is 0 Å². The average Bonchev–Trinajstić information content (AvgIpc) is 3.07. The molecule has 0 unspecified atom stereocenters. The Hall–Kier alpha value is -0.980. The maximum absolute atomic E-state index is 13.1. The fourth-order valence-corrected chi connectivity index (χ4v) is 5.42. The molecule has 152 valence electrons. The van der Waals surface area contributed by atoms with Crippen LogP contribution in [0.25, 0.3) is 0 Å². The van der Waals surface area contributed by atoms with Crippen molar-refractivity contribution in [2.75, 3.05) is 32.8 Å². The minimum absolute atomic E-state index is 0.0655. The fourth-order valence-electron chi connectivity index (χ4n) is 4.45. The predicted octanol–water partition coefficient (Wildman–Crippen LogP) is 3.54. The molecule has 0 saturated carbocycles. The molecule has 2 saturated heterocycles. The summed E-state index contributed by atoms with van der Waals surface area (Å²) in [6.07, 6.45) is 2.98. The van der Waals surface area contributed by atoms with Gasteiger partial charge >= 0.3 is 0 Å². The Morgan fingerprint density at radius 3 is 2.63 bits per heavy atom. The molecule has 0 aliphatic carbocycles. The summed E-state index contributed by atoms with van der Waals surface area (Å²) in [7, 11) is 0. The van der Waals surface area contributed by atoms with Crippen molar-refractivity contribution in [1.82, 2.24) is 15.2 Å². The highest BCUT2D eigenvalue weighted by molar-refractivity contribution is 7.11. The van der Waals surface area contributed by atoms with Crippen LogP contribution in [0.4, 0.5) is 0 Å². The summed E-state index contributed by atoms with van der Waals surface area (Å²) in [5.41, 5.74) is 1.45. The number of carbonyl (C=O) groups excluding carboxylic acids is 1. The number of nitrogens with one attached hydrogen (secondary N) is 1. The van der Waals surface area contributed by atoms with E-state index in [0.717, 1.165) is 69.4 Å². The Balaban J connectivity index is 1.68. The number of thiazole rings is 1. The van der Waals surface area contributed by atoms with Crippen molar-refractivity contribution in [3.05, 3.63) is 15.6 Å². The first-order valence-electron chi connectivity index (χ1n) is 10.2. The topological polar surface area (TPSA) is 54.5 Å². The lowest BCUT2D eigenvalue weighted by molar-refractivity contribution is -0.129. The molecule has 1 atom stereocenters. The van der Waals surface area contributed by atoms with Crippen molar-refractivity contribution in [1.29, 1.82) is 0 Å². The van der Waals surface area contributed by atoms with Gasteiger partial charge in [-0.05, 0) is 38.5 Å². The van der Waals surface area contributed by atoms with E-state index in [-0.39, 0.29) is 22.7 Å². The largest absolute Gasteiger partial charge is 0.381 e. The van der Waals surface area contributed by atoms with Gasteiger partial charge in [-0.1, -0.05) is 20.8 Å². The summed E-state index contributed by atoms with van der Waals surface area (Å²) in [6, 6.07) is 0. The molecule has 5 nitrogen and oxygen atoms in total. The van der Waals surface area contributed by atoms with Crippen molar-refractivity contribution < 1.29 is 9.53 Å². The van der Waals surface area contributed by atoms with Gasteiger partial charge in [0.15, 0.2) is 0 Å². The molecule has 1 aromatic rings. The zero-order chi connectivity index (χ0) is 19.7. The SMILES string of the molecule is Cc1nc(C)c(CN2C[C@@H](C(=O)NCCC(C)(C)C)C3(CCOCC3)C2)s1. The molecule has 0 radical (unpaired) electrons. The third kappa shape index (κ3) is 5.09. The minimum Gasteiger partial charge on any atom is -0.381 e. The predicted molar refractivity (Wildman–Crippen MR) is 110 cm³/mol. The van der Waals surface area contributed by atoms with E-state index in [4.69, 9.17) is 4.74 Å². The number of nitrogens with zero attached hydrogens (tertiary/aromatic N) is 2.